The monoisotopic (exact) mass is 758 g/mol. The summed E-state index contributed by atoms with van der Waals surface area (Å²) in [5, 5.41) is 16.4. The van der Waals surface area contributed by atoms with Gasteiger partial charge in [0.15, 0.2) is 23.3 Å². The lowest BCUT2D eigenvalue weighted by Crippen LogP contribution is -2.27. The third-order valence-corrected chi connectivity index (χ3v) is 6.60. The van der Waals surface area contributed by atoms with Crippen molar-refractivity contribution >= 4 is 47.0 Å². The fourth-order valence-electron chi connectivity index (χ4n) is 4.44. The van der Waals surface area contributed by atoms with Crippen molar-refractivity contribution in [2.75, 3.05) is 16.0 Å². The Balaban J connectivity index is 0.000000291. The van der Waals surface area contributed by atoms with Crippen molar-refractivity contribution in [2.24, 2.45) is 5.73 Å². The summed E-state index contributed by atoms with van der Waals surface area (Å²) >= 11 is 0. The largest absolute Gasteiger partial charge is 0.478 e. The van der Waals surface area contributed by atoms with Crippen LogP contribution in [-0.4, -0.2) is 46.3 Å². The van der Waals surface area contributed by atoms with Gasteiger partial charge < -0.3 is 25.6 Å². The van der Waals surface area contributed by atoms with Gasteiger partial charge in [0, 0.05) is 28.2 Å². The molecule has 54 heavy (non-hydrogen) atoms. The third-order valence-electron chi connectivity index (χ3n) is 6.60. The van der Waals surface area contributed by atoms with Crippen molar-refractivity contribution in [2.45, 2.75) is 52.7 Å². The van der Waals surface area contributed by atoms with Crippen molar-refractivity contribution < 1.29 is 60.5 Å². The average Bonchev–Trinajstić information content (AvgIpc) is 3.06. The molecule has 0 aliphatic carbocycles. The molecule has 0 bridgehead atoms. The topological polar surface area (TPSA) is 186 Å². The minimum Gasteiger partial charge on any atom is -0.478 e. The predicted octanol–water partition coefficient (Wildman–Crippen LogP) is 8.48. The number of carboxylic acid groups (broad SMARTS) is 1. The average molecular weight is 759 g/mol. The molecule has 0 aliphatic rings. The molecule has 17 heteroatoms. The number of anilines is 3. The van der Waals surface area contributed by atoms with E-state index in [1.807, 2.05) is 5.32 Å². The normalized spacial score (nSPS) is 11.0. The van der Waals surface area contributed by atoms with Crippen LogP contribution in [0.15, 0.2) is 66.7 Å². The quantitative estimate of drug-likeness (QED) is 0.0705. The molecule has 6 N–H and O–H groups in total. The number of hydrogen-bond acceptors (Lipinski definition) is 7. The van der Waals surface area contributed by atoms with E-state index in [0.717, 1.165) is 0 Å². The molecule has 0 fully saturated rings. The molecule has 0 aliphatic heterocycles. The number of halogens is 5. The van der Waals surface area contributed by atoms with Crippen LogP contribution in [-0.2, 0) is 9.47 Å². The number of aromatic carboxylic acids is 1. The summed E-state index contributed by atoms with van der Waals surface area (Å²) in [6.07, 6.45) is -1.33. The van der Waals surface area contributed by atoms with E-state index in [1.54, 1.807) is 65.8 Å². The lowest BCUT2D eigenvalue weighted by Gasteiger charge is -2.19. The molecule has 286 valence electrons. The van der Waals surface area contributed by atoms with Gasteiger partial charge in [0.1, 0.15) is 16.8 Å². The minimum atomic E-state index is -2.36. The second-order valence-electron chi connectivity index (χ2n) is 13.2. The standard InChI is InChI=1S/C19H20N2O5.C18H15F5N2O3/c1-19(2,3)26-18(25)21-12-9-7-11(8-10-12)15-13(16(20)22)5-4-6-14(15)17(23)24;1-18(2,3)28-17(27)25-9-6-4-8(5-7-9)24-16(26)10-11(19)13(21)15(23)14(22)12(10)20/h4-10H,1-3H3,(H2,20,22)(H,21,25)(H,23,24);4-7H,1-3H3,(H,24,26)(H,25,27). The van der Waals surface area contributed by atoms with Gasteiger partial charge >= 0.3 is 18.2 Å². The first-order valence-electron chi connectivity index (χ1n) is 15.7. The van der Waals surface area contributed by atoms with Crippen LogP contribution in [0.2, 0.25) is 0 Å². The summed E-state index contributed by atoms with van der Waals surface area (Å²) in [6, 6.07) is 15.9. The first-order chi connectivity index (χ1) is 25.0. The Hall–Kier alpha value is -6.52. The zero-order valence-electron chi connectivity index (χ0n) is 29.6. The molecule has 0 heterocycles. The van der Waals surface area contributed by atoms with E-state index in [9.17, 15) is 51.0 Å². The Morgan fingerprint density at radius 2 is 0.944 bits per heavy atom. The third kappa shape index (κ3) is 11.2. The molecule has 4 aromatic rings. The van der Waals surface area contributed by atoms with E-state index < -0.39 is 75.8 Å². The van der Waals surface area contributed by atoms with E-state index in [-0.39, 0.29) is 28.1 Å². The van der Waals surface area contributed by atoms with Gasteiger partial charge in [-0.3, -0.25) is 20.2 Å². The molecule has 0 saturated heterocycles. The fourth-order valence-corrected chi connectivity index (χ4v) is 4.44. The zero-order chi connectivity index (χ0) is 40.7. The van der Waals surface area contributed by atoms with Gasteiger partial charge in [-0.2, -0.15) is 0 Å². The highest BCUT2D eigenvalue weighted by molar-refractivity contribution is 6.07. The lowest BCUT2D eigenvalue weighted by molar-refractivity contribution is 0.0624. The predicted molar refractivity (Wildman–Crippen MR) is 188 cm³/mol. The van der Waals surface area contributed by atoms with Gasteiger partial charge in [-0.25, -0.2) is 36.3 Å². The van der Waals surface area contributed by atoms with Crippen LogP contribution < -0.4 is 21.7 Å². The Morgan fingerprint density at radius 1 is 0.574 bits per heavy atom. The molecule has 4 rings (SSSR count). The number of hydrogen-bond donors (Lipinski definition) is 5. The number of ether oxygens (including phenoxy) is 2. The smallest absolute Gasteiger partial charge is 0.412 e. The van der Waals surface area contributed by atoms with Crippen molar-refractivity contribution in [3.63, 3.8) is 0 Å². The molecule has 0 saturated carbocycles. The number of nitrogens with one attached hydrogen (secondary N) is 3. The lowest BCUT2D eigenvalue weighted by atomic mass is 9.94. The van der Waals surface area contributed by atoms with Gasteiger partial charge in [-0.15, -0.1) is 0 Å². The molecular weight excluding hydrogens is 723 g/mol. The highest BCUT2D eigenvalue weighted by Gasteiger charge is 2.30. The number of primary amides is 1. The Labute approximate surface area is 305 Å². The first-order valence-corrected chi connectivity index (χ1v) is 15.7. The first kappa shape index (κ1) is 41.9. The summed E-state index contributed by atoms with van der Waals surface area (Å²) in [5.74, 6) is -14.7. The van der Waals surface area contributed by atoms with E-state index in [0.29, 0.717) is 11.3 Å². The van der Waals surface area contributed by atoms with Crippen LogP contribution in [0.3, 0.4) is 0 Å². The Morgan fingerprint density at radius 3 is 1.33 bits per heavy atom. The number of nitrogens with two attached hydrogens (primary N) is 1. The number of amides is 4. The van der Waals surface area contributed by atoms with E-state index >= 15 is 0 Å². The molecule has 0 unspecified atom stereocenters. The van der Waals surface area contributed by atoms with Gasteiger partial charge in [0.2, 0.25) is 11.7 Å². The molecule has 4 aromatic carbocycles. The van der Waals surface area contributed by atoms with Crippen LogP contribution in [0.1, 0.15) is 72.6 Å². The summed E-state index contributed by atoms with van der Waals surface area (Å²) in [7, 11) is 0. The van der Waals surface area contributed by atoms with Crippen molar-refractivity contribution in [3.8, 4) is 11.1 Å². The van der Waals surface area contributed by atoms with Crippen LogP contribution in [0.5, 0.6) is 0 Å². The summed E-state index contributed by atoms with van der Waals surface area (Å²) in [6.45, 7) is 10.3. The summed E-state index contributed by atoms with van der Waals surface area (Å²) in [4.78, 5) is 58.6. The Bertz CT molecular complexity index is 2020. The molecule has 0 radical (unpaired) electrons. The SMILES string of the molecule is CC(C)(C)OC(=O)Nc1ccc(-c2c(C(N)=O)cccc2C(=O)O)cc1.CC(C)(C)OC(=O)Nc1ccc(NC(=O)c2c(F)c(F)c(F)c(F)c2F)cc1. The number of rotatable bonds is 7. The second kappa shape index (κ2) is 16.9. The summed E-state index contributed by atoms with van der Waals surface area (Å²) in [5.41, 5.74) is 3.97. The molecule has 0 atom stereocenters. The van der Waals surface area contributed by atoms with Crippen LogP contribution in [0.4, 0.5) is 48.6 Å². The van der Waals surface area contributed by atoms with Gasteiger partial charge in [0.25, 0.3) is 5.91 Å². The molecule has 0 spiro atoms. The van der Waals surface area contributed by atoms with E-state index in [2.05, 4.69) is 10.6 Å². The number of carboxylic acids is 1. The second-order valence-corrected chi connectivity index (χ2v) is 13.2. The number of carbonyl (C=O) groups excluding carboxylic acids is 4. The van der Waals surface area contributed by atoms with Gasteiger partial charge in [-0.05, 0) is 95.6 Å². The maximum Gasteiger partial charge on any atom is 0.412 e. The Kier molecular flexibility index (Phi) is 13.1. The van der Waals surface area contributed by atoms with Crippen molar-refractivity contribution in [3.05, 3.63) is 113 Å². The molecule has 4 amide bonds. The zero-order valence-corrected chi connectivity index (χ0v) is 29.6. The van der Waals surface area contributed by atoms with Gasteiger partial charge in [0.05, 0.1) is 5.56 Å². The van der Waals surface area contributed by atoms with Crippen LogP contribution >= 0.6 is 0 Å². The molecular formula is C37H35F5N4O8. The van der Waals surface area contributed by atoms with E-state index in [4.69, 9.17) is 15.2 Å². The highest BCUT2D eigenvalue weighted by Crippen LogP contribution is 2.30. The van der Waals surface area contributed by atoms with Crippen LogP contribution in [0, 0.1) is 29.1 Å². The molecule has 0 aromatic heterocycles. The maximum atomic E-state index is 13.7. The fraction of sp³-hybridized carbons (Fsp3) is 0.216. The molecule has 12 nitrogen and oxygen atoms in total. The number of carbonyl (C=O) groups is 5. The number of benzene rings is 4. The van der Waals surface area contributed by atoms with Gasteiger partial charge in [-0.1, -0.05) is 18.2 Å². The maximum absolute atomic E-state index is 13.7. The van der Waals surface area contributed by atoms with Crippen molar-refractivity contribution in [1.29, 1.82) is 0 Å². The summed E-state index contributed by atoms with van der Waals surface area (Å²) < 4.78 is 77.0. The van der Waals surface area contributed by atoms with E-state index in [1.165, 1.54) is 42.5 Å². The minimum absolute atomic E-state index is 0.0105. The van der Waals surface area contributed by atoms with Crippen LogP contribution in [0.25, 0.3) is 11.1 Å². The highest BCUT2D eigenvalue weighted by atomic mass is 19.2. The van der Waals surface area contributed by atoms with Crippen molar-refractivity contribution in [1.82, 2.24) is 0 Å².